The van der Waals surface area contributed by atoms with E-state index in [1.54, 1.807) is 24.3 Å². The van der Waals surface area contributed by atoms with Gasteiger partial charge >= 0.3 is 0 Å². The molecule has 0 saturated heterocycles. The molecule has 0 aromatic heterocycles. The normalized spacial score (nSPS) is 11.5. The van der Waals surface area contributed by atoms with E-state index >= 15 is 0 Å². The molecule has 0 radical (unpaired) electrons. The van der Waals surface area contributed by atoms with Gasteiger partial charge in [0.1, 0.15) is 0 Å². The zero-order valence-electron chi connectivity index (χ0n) is 13.5. The third-order valence-electron chi connectivity index (χ3n) is 3.52. The first-order chi connectivity index (χ1) is 11.3. The van der Waals surface area contributed by atoms with Crippen molar-refractivity contribution in [3.63, 3.8) is 0 Å². The molecule has 0 heterocycles. The van der Waals surface area contributed by atoms with Crippen LogP contribution in [0.1, 0.15) is 11.1 Å². The summed E-state index contributed by atoms with van der Waals surface area (Å²) in [5.41, 5.74) is 2.40. The van der Waals surface area contributed by atoms with E-state index in [0.29, 0.717) is 10.7 Å². The number of halogens is 1. The fraction of sp³-hybridized carbons (Fsp3) is 0.235. The highest BCUT2D eigenvalue weighted by molar-refractivity contribution is 7.88. The highest BCUT2D eigenvalue weighted by Gasteiger charge is 2.21. The molecule has 2 aromatic carbocycles. The molecule has 0 spiro atoms. The Morgan fingerprint density at radius 1 is 1.12 bits per heavy atom. The molecule has 1 N–H and O–H groups in total. The predicted octanol–water partition coefficient (Wildman–Crippen LogP) is 3.05. The lowest BCUT2D eigenvalue weighted by molar-refractivity contribution is -0.116. The van der Waals surface area contributed by atoms with Crippen molar-refractivity contribution in [1.29, 1.82) is 0 Å². The van der Waals surface area contributed by atoms with Crippen LogP contribution < -0.4 is 5.32 Å². The Kier molecular flexibility index (Phi) is 5.99. The number of hydrogen-bond donors (Lipinski definition) is 1. The Bertz CT molecular complexity index is 820. The van der Waals surface area contributed by atoms with E-state index in [2.05, 4.69) is 5.32 Å². The fourth-order valence-electron chi connectivity index (χ4n) is 2.16. The van der Waals surface area contributed by atoms with Crippen molar-refractivity contribution in [2.24, 2.45) is 0 Å². The summed E-state index contributed by atoms with van der Waals surface area (Å²) in [6.45, 7) is 1.80. The number of rotatable bonds is 6. The maximum Gasteiger partial charge on any atom is 0.239 e. The van der Waals surface area contributed by atoms with Crippen molar-refractivity contribution in [3.8, 4) is 0 Å². The summed E-state index contributed by atoms with van der Waals surface area (Å²) in [7, 11) is -3.52. The molecule has 2 rings (SSSR count). The predicted molar refractivity (Wildman–Crippen MR) is 96.5 cm³/mol. The van der Waals surface area contributed by atoms with Crippen LogP contribution in [0.25, 0.3) is 0 Å². The summed E-state index contributed by atoms with van der Waals surface area (Å²) in [4.78, 5) is 12.2. The molecule has 5 nitrogen and oxygen atoms in total. The van der Waals surface area contributed by atoms with E-state index in [0.717, 1.165) is 21.7 Å². The first kappa shape index (κ1) is 18.4. The lowest BCUT2D eigenvalue weighted by Crippen LogP contribution is -2.37. The van der Waals surface area contributed by atoms with E-state index in [1.807, 2.05) is 31.2 Å². The third-order valence-corrected chi connectivity index (χ3v) is 4.97. The molecular weight excluding hydrogens is 348 g/mol. The van der Waals surface area contributed by atoms with Crippen molar-refractivity contribution in [3.05, 3.63) is 64.7 Å². The van der Waals surface area contributed by atoms with Crippen LogP contribution in [-0.4, -0.2) is 31.4 Å². The molecule has 0 unspecified atom stereocenters. The van der Waals surface area contributed by atoms with Gasteiger partial charge in [-0.1, -0.05) is 35.9 Å². The molecule has 0 aliphatic heterocycles. The molecule has 1 amide bonds. The Labute approximate surface area is 147 Å². The van der Waals surface area contributed by atoms with Crippen LogP contribution in [-0.2, 0) is 21.4 Å². The first-order valence-corrected chi connectivity index (χ1v) is 9.53. The molecular formula is C17H19ClN2O3S. The third kappa shape index (κ3) is 5.33. The summed E-state index contributed by atoms with van der Waals surface area (Å²) in [6.07, 6.45) is 1.10. The van der Waals surface area contributed by atoms with E-state index in [9.17, 15) is 13.2 Å². The second-order valence-electron chi connectivity index (χ2n) is 5.51. The Morgan fingerprint density at radius 2 is 1.75 bits per heavy atom. The van der Waals surface area contributed by atoms with Crippen LogP contribution in [0, 0.1) is 6.92 Å². The topological polar surface area (TPSA) is 66.5 Å². The number of benzene rings is 2. The van der Waals surface area contributed by atoms with E-state index < -0.39 is 15.9 Å². The number of hydrogen-bond acceptors (Lipinski definition) is 3. The summed E-state index contributed by atoms with van der Waals surface area (Å²) < 4.78 is 25.2. The van der Waals surface area contributed by atoms with Crippen LogP contribution in [0.3, 0.4) is 0 Å². The Morgan fingerprint density at radius 3 is 2.33 bits per heavy atom. The summed E-state index contributed by atoms with van der Waals surface area (Å²) >= 11 is 5.80. The van der Waals surface area contributed by atoms with Crippen LogP contribution in [0.5, 0.6) is 0 Å². The van der Waals surface area contributed by atoms with Crippen molar-refractivity contribution in [1.82, 2.24) is 4.31 Å². The lowest BCUT2D eigenvalue weighted by atomic mass is 10.1. The molecule has 0 atom stereocenters. The number of anilines is 1. The fourth-order valence-corrected chi connectivity index (χ4v) is 3.01. The van der Waals surface area contributed by atoms with Crippen LogP contribution in [0.2, 0.25) is 5.02 Å². The number of sulfonamides is 1. The van der Waals surface area contributed by atoms with Gasteiger partial charge in [-0.05, 0) is 42.3 Å². The minimum absolute atomic E-state index is 0.152. The summed E-state index contributed by atoms with van der Waals surface area (Å²) in [5, 5.41) is 3.23. The number of nitrogens with zero attached hydrogens (tertiary/aromatic N) is 1. The largest absolute Gasteiger partial charge is 0.325 e. The van der Waals surface area contributed by atoms with Gasteiger partial charge < -0.3 is 5.32 Å². The lowest BCUT2D eigenvalue weighted by Gasteiger charge is -2.20. The minimum Gasteiger partial charge on any atom is -0.325 e. The van der Waals surface area contributed by atoms with Crippen molar-refractivity contribution < 1.29 is 13.2 Å². The first-order valence-electron chi connectivity index (χ1n) is 7.31. The van der Waals surface area contributed by atoms with Gasteiger partial charge in [-0.25, -0.2) is 8.42 Å². The molecule has 0 aliphatic carbocycles. The minimum atomic E-state index is -3.52. The smallest absolute Gasteiger partial charge is 0.239 e. The van der Waals surface area contributed by atoms with E-state index in [-0.39, 0.29) is 13.1 Å². The van der Waals surface area contributed by atoms with Gasteiger partial charge in [-0.3, -0.25) is 4.79 Å². The highest BCUT2D eigenvalue weighted by atomic mass is 35.5. The van der Waals surface area contributed by atoms with Gasteiger partial charge in [-0.2, -0.15) is 4.31 Å². The number of aryl methyl sites for hydroxylation is 1. The Hall–Kier alpha value is -1.89. The van der Waals surface area contributed by atoms with Gasteiger partial charge in [0, 0.05) is 17.3 Å². The van der Waals surface area contributed by atoms with Crippen molar-refractivity contribution in [2.75, 3.05) is 18.1 Å². The highest BCUT2D eigenvalue weighted by Crippen LogP contribution is 2.15. The standard InChI is InChI=1S/C17H19ClN2O3S/c1-13-5-3-4-6-14(13)11-20(24(2,22)23)12-17(21)19-16-9-7-15(18)8-10-16/h3-10H,11-12H2,1-2H3,(H,19,21). The van der Waals surface area contributed by atoms with Gasteiger partial charge in [0.25, 0.3) is 0 Å². The molecule has 24 heavy (non-hydrogen) atoms. The monoisotopic (exact) mass is 366 g/mol. The van der Waals surface area contributed by atoms with E-state index in [1.165, 1.54) is 0 Å². The zero-order valence-corrected chi connectivity index (χ0v) is 15.1. The Balaban J connectivity index is 2.10. The van der Waals surface area contributed by atoms with Crippen molar-refractivity contribution in [2.45, 2.75) is 13.5 Å². The molecule has 2 aromatic rings. The number of carbonyl (C=O) groups is 1. The summed E-state index contributed by atoms with van der Waals surface area (Å²) in [5.74, 6) is -0.406. The molecule has 7 heteroatoms. The van der Waals surface area contributed by atoms with Gasteiger partial charge in [-0.15, -0.1) is 0 Å². The SMILES string of the molecule is Cc1ccccc1CN(CC(=O)Nc1ccc(Cl)cc1)S(C)(=O)=O. The average Bonchev–Trinajstić information content (AvgIpc) is 2.50. The molecule has 128 valence electrons. The number of carbonyl (C=O) groups excluding carboxylic acids is 1. The number of nitrogens with one attached hydrogen (secondary N) is 1. The van der Waals surface area contributed by atoms with Crippen LogP contribution in [0.4, 0.5) is 5.69 Å². The van der Waals surface area contributed by atoms with E-state index in [4.69, 9.17) is 11.6 Å². The van der Waals surface area contributed by atoms with Crippen LogP contribution >= 0.6 is 11.6 Å². The molecule has 0 saturated carbocycles. The maximum atomic E-state index is 12.2. The molecule has 0 aliphatic rings. The summed E-state index contributed by atoms with van der Waals surface area (Å²) in [6, 6.07) is 14.1. The van der Waals surface area contributed by atoms with Crippen LogP contribution in [0.15, 0.2) is 48.5 Å². The van der Waals surface area contributed by atoms with Crippen molar-refractivity contribution >= 4 is 33.2 Å². The average molecular weight is 367 g/mol. The van der Waals surface area contributed by atoms with Gasteiger partial charge in [0.15, 0.2) is 0 Å². The maximum absolute atomic E-state index is 12.2. The number of amides is 1. The van der Waals surface area contributed by atoms with Gasteiger partial charge in [0.05, 0.1) is 12.8 Å². The second-order valence-corrected chi connectivity index (χ2v) is 7.93. The quantitative estimate of drug-likeness (QED) is 0.854. The zero-order chi connectivity index (χ0) is 17.7. The molecule has 0 fully saturated rings. The molecule has 0 bridgehead atoms. The second kappa shape index (κ2) is 7.79. The van der Waals surface area contributed by atoms with Gasteiger partial charge in [0.2, 0.25) is 15.9 Å².